The first kappa shape index (κ1) is 31.6. The molecule has 16 heteroatoms. The zero-order valence-corrected chi connectivity index (χ0v) is 26.7. The summed E-state index contributed by atoms with van der Waals surface area (Å²) in [4.78, 5) is 21.4. The number of nitrogens with zero attached hydrogens (tertiary/aromatic N) is 6. The van der Waals surface area contributed by atoms with Crippen LogP contribution >= 0.6 is 0 Å². The van der Waals surface area contributed by atoms with Gasteiger partial charge in [0.05, 0.1) is 29.3 Å². The molecule has 1 spiro atoms. The zero-order chi connectivity index (χ0) is 34.0. The molecule has 4 fully saturated rings. The van der Waals surface area contributed by atoms with Crippen molar-refractivity contribution in [1.82, 2.24) is 30.2 Å². The minimum absolute atomic E-state index is 0.0670. The molecule has 3 aliphatic heterocycles. The van der Waals surface area contributed by atoms with Crippen LogP contribution in [0.25, 0.3) is 22.2 Å². The maximum absolute atomic E-state index is 16.7. The maximum atomic E-state index is 16.7. The molecule has 3 aromatic rings. The second kappa shape index (κ2) is 10.4. The summed E-state index contributed by atoms with van der Waals surface area (Å²) >= 11 is 0. The van der Waals surface area contributed by atoms with Crippen molar-refractivity contribution in [1.29, 1.82) is 0 Å². The fraction of sp³-hybridized carbons (Fsp3) is 0.625. The number of hydrogen-bond acceptors (Lipinski definition) is 10. The standard InChI is InChI=1S/C32H36F6N8O2/c1-4-17-9-46-19(8-40-17)16(3)48-27-21-25(23(33)24(42-27)18-7-20(39)41-15(2)22(18)32(36,37)38)43-28(44-26(21)46)47-14-29(5-6-29)11-45-12-30(13-45)10-31(30,34)35/h7,16-17,19,40H,4-6,8-14H2,1-3H3,(H2,39,41)/t16-,17+,19-/m0/s1. The Balaban J connectivity index is 1.21. The van der Waals surface area contributed by atoms with Crippen LogP contribution in [0.3, 0.4) is 0 Å². The summed E-state index contributed by atoms with van der Waals surface area (Å²) in [5.74, 6) is -3.70. The SMILES string of the molecule is CC[C@@H]1CN2c3nc(OCC4(CN5CC6(C5)CC6(F)F)CC4)nc4c(F)c(-c5cc(N)nc(C)c5C(F)(F)F)nc(c34)O[C@@H](C)[C@@H]2CN1. The molecule has 258 valence electrons. The Bertz CT molecular complexity index is 1810. The molecule has 0 aromatic carbocycles. The average molecular weight is 679 g/mol. The number of alkyl halides is 5. The number of hydrogen-bond donors (Lipinski definition) is 2. The summed E-state index contributed by atoms with van der Waals surface area (Å²) in [6, 6.07) is 0.637. The molecular weight excluding hydrogens is 642 g/mol. The Morgan fingerprint density at radius 2 is 1.88 bits per heavy atom. The van der Waals surface area contributed by atoms with Crippen molar-refractivity contribution < 1.29 is 35.8 Å². The molecule has 5 aliphatic rings. The van der Waals surface area contributed by atoms with E-state index in [4.69, 9.17) is 20.2 Å². The third kappa shape index (κ3) is 5.00. The largest absolute Gasteiger partial charge is 0.472 e. The van der Waals surface area contributed by atoms with E-state index in [1.54, 1.807) is 0 Å². The third-order valence-corrected chi connectivity index (χ3v) is 10.8. The van der Waals surface area contributed by atoms with Gasteiger partial charge < -0.3 is 30.3 Å². The Hall–Kier alpha value is -3.66. The minimum Gasteiger partial charge on any atom is -0.472 e. The lowest BCUT2D eigenvalue weighted by atomic mass is 9.93. The van der Waals surface area contributed by atoms with Crippen LogP contribution in [-0.2, 0) is 6.18 Å². The summed E-state index contributed by atoms with van der Waals surface area (Å²) in [7, 11) is 0. The monoisotopic (exact) mass is 678 g/mol. The quantitative estimate of drug-likeness (QED) is 0.332. The molecule has 0 bridgehead atoms. The molecule has 8 rings (SSSR count). The van der Waals surface area contributed by atoms with Crippen molar-refractivity contribution in [3.05, 3.63) is 23.1 Å². The summed E-state index contributed by atoms with van der Waals surface area (Å²) in [5, 5.41) is 3.63. The number of ether oxygens (including phenoxy) is 2. The van der Waals surface area contributed by atoms with Crippen LogP contribution in [0, 0.1) is 23.6 Å². The fourth-order valence-corrected chi connectivity index (χ4v) is 7.77. The van der Waals surface area contributed by atoms with E-state index in [0.717, 1.165) is 32.3 Å². The van der Waals surface area contributed by atoms with Crippen LogP contribution in [0.5, 0.6) is 11.9 Å². The van der Waals surface area contributed by atoms with Crippen molar-refractivity contribution in [3.8, 4) is 23.1 Å². The summed E-state index contributed by atoms with van der Waals surface area (Å²) in [5.41, 5.74) is 1.61. The number of anilines is 2. The number of pyridine rings is 2. The number of fused-ring (bicyclic) bond motifs is 2. The molecule has 0 radical (unpaired) electrons. The van der Waals surface area contributed by atoms with Gasteiger partial charge in [0.2, 0.25) is 5.88 Å². The lowest BCUT2D eigenvalue weighted by Gasteiger charge is -2.42. The van der Waals surface area contributed by atoms with E-state index >= 15 is 4.39 Å². The molecule has 3 atom stereocenters. The molecule has 3 N–H and O–H groups in total. The van der Waals surface area contributed by atoms with Gasteiger partial charge in [-0.3, -0.25) is 0 Å². The van der Waals surface area contributed by atoms with E-state index in [1.807, 2.05) is 23.6 Å². The van der Waals surface area contributed by atoms with Gasteiger partial charge in [0.15, 0.2) is 5.82 Å². The molecule has 2 aliphatic carbocycles. The normalized spacial score (nSPS) is 26.4. The summed E-state index contributed by atoms with van der Waals surface area (Å²) in [6.07, 6.45) is -3.00. The van der Waals surface area contributed by atoms with E-state index in [-0.39, 0.29) is 59.1 Å². The van der Waals surface area contributed by atoms with E-state index in [9.17, 15) is 22.0 Å². The first-order valence-corrected chi connectivity index (χ1v) is 16.3. The van der Waals surface area contributed by atoms with Crippen LogP contribution < -0.4 is 25.4 Å². The number of likely N-dealkylation sites (tertiary alicyclic amines) is 1. The highest BCUT2D eigenvalue weighted by molar-refractivity contribution is 5.97. The van der Waals surface area contributed by atoms with Gasteiger partial charge in [0, 0.05) is 56.2 Å². The molecule has 2 saturated carbocycles. The van der Waals surface area contributed by atoms with Gasteiger partial charge in [-0.1, -0.05) is 6.92 Å². The number of nitrogens with two attached hydrogens (primary N) is 1. The first-order chi connectivity index (χ1) is 22.6. The molecule has 3 aromatic heterocycles. The number of rotatable bonds is 7. The molecule has 0 unspecified atom stereocenters. The van der Waals surface area contributed by atoms with Crippen molar-refractivity contribution in [2.45, 2.75) is 76.7 Å². The Kier molecular flexibility index (Phi) is 6.86. The Morgan fingerprint density at radius 3 is 2.52 bits per heavy atom. The second-order valence-electron chi connectivity index (χ2n) is 14.3. The summed E-state index contributed by atoms with van der Waals surface area (Å²) in [6.45, 7) is 7.51. The molecule has 6 heterocycles. The lowest BCUT2D eigenvalue weighted by molar-refractivity contribution is -0.137. The Labute approximate surface area is 272 Å². The van der Waals surface area contributed by atoms with Crippen LogP contribution in [0.1, 0.15) is 50.8 Å². The number of aryl methyl sites for hydroxylation is 1. The van der Waals surface area contributed by atoms with Gasteiger partial charge in [-0.05, 0) is 39.2 Å². The smallest absolute Gasteiger partial charge is 0.418 e. The highest BCUT2D eigenvalue weighted by Gasteiger charge is 2.76. The Morgan fingerprint density at radius 1 is 1.15 bits per heavy atom. The first-order valence-electron chi connectivity index (χ1n) is 16.3. The lowest BCUT2D eigenvalue weighted by Crippen LogP contribution is -2.60. The van der Waals surface area contributed by atoms with Gasteiger partial charge in [-0.25, -0.2) is 23.1 Å². The maximum Gasteiger partial charge on any atom is 0.418 e. The van der Waals surface area contributed by atoms with Gasteiger partial charge >= 0.3 is 12.2 Å². The minimum atomic E-state index is -4.89. The molecule has 0 amide bonds. The van der Waals surface area contributed by atoms with Gasteiger partial charge in [-0.2, -0.15) is 23.1 Å². The van der Waals surface area contributed by atoms with E-state index in [2.05, 4.69) is 20.3 Å². The number of piperazine rings is 1. The molecule has 2 saturated heterocycles. The van der Waals surface area contributed by atoms with Gasteiger partial charge in [0.1, 0.15) is 34.3 Å². The zero-order valence-electron chi connectivity index (χ0n) is 26.7. The van der Waals surface area contributed by atoms with Crippen LogP contribution in [0.2, 0.25) is 0 Å². The van der Waals surface area contributed by atoms with Gasteiger partial charge in [0.25, 0.3) is 5.92 Å². The third-order valence-electron chi connectivity index (χ3n) is 10.8. The fourth-order valence-electron chi connectivity index (χ4n) is 7.77. The number of nitrogen functional groups attached to an aromatic ring is 1. The van der Waals surface area contributed by atoms with Crippen LogP contribution in [-0.4, -0.2) is 88.3 Å². The van der Waals surface area contributed by atoms with E-state index in [0.29, 0.717) is 38.5 Å². The van der Waals surface area contributed by atoms with Crippen molar-refractivity contribution >= 4 is 22.5 Å². The predicted octanol–water partition coefficient (Wildman–Crippen LogP) is 4.97. The molecular formula is C32H36F6N8O2. The average Bonchev–Trinajstić information content (AvgIpc) is 3.90. The van der Waals surface area contributed by atoms with Crippen molar-refractivity contribution in [2.75, 3.05) is 50.0 Å². The topological polar surface area (TPSA) is 115 Å². The highest BCUT2D eigenvalue weighted by Crippen LogP contribution is 2.66. The van der Waals surface area contributed by atoms with Crippen molar-refractivity contribution in [2.24, 2.45) is 10.8 Å². The number of nitrogens with one attached hydrogen (secondary N) is 1. The molecule has 10 nitrogen and oxygen atoms in total. The van der Waals surface area contributed by atoms with Crippen LogP contribution in [0.4, 0.5) is 38.0 Å². The van der Waals surface area contributed by atoms with Gasteiger partial charge in [-0.15, -0.1) is 0 Å². The number of halogens is 6. The van der Waals surface area contributed by atoms with E-state index < -0.39 is 51.9 Å². The molecule has 48 heavy (non-hydrogen) atoms. The van der Waals surface area contributed by atoms with Crippen molar-refractivity contribution in [3.63, 3.8) is 0 Å². The van der Waals surface area contributed by atoms with Crippen LogP contribution in [0.15, 0.2) is 6.07 Å². The predicted molar refractivity (Wildman–Crippen MR) is 164 cm³/mol. The summed E-state index contributed by atoms with van der Waals surface area (Å²) < 4.78 is 99.8. The number of aromatic nitrogens is 4. The second-order valence-corrected chi connectivity index (χ2v) is 14.3. The highest BCUT2D eigenvalue weighted by atomic mass is 19.4. The van der Waals surface area contributed by atoms with E-state index in [1.165, 1.54) is 0 Å².